The van der Waals surface area contributed by atoms with Crippen LogP contribution >= 0.6 is 0 Å². The lowest BCUT2D eigenvalue weighted by atomic mass is 9.82. The molecule has 4 heteroatoms. The van der Waals surface area contributed by atoms with Crippen molar-refractivity contribution in [3.05, 3.63) is 29.3 Å². The predicted octanol–water partition coefficient (Wildman–Crippen LogP) is 0.929. The summed E-state index contributed by atoms with van der Waals surface area (Å²) in [4.78, 5) is 23.7. The van der Waals surface area contributed by atoms with Gasteiger partial charge < -0.3 is 9.84 Å². The molecule has 1 aromatic rings. The second-order valence-corrected chi connectivity index (χ2v) is 4.00. The summed E-state index contributed by atoms with van der Waals surface area (Å²) in [5, 5.41) is 9.54. The van der Waals surface area contributed by atoms with Gasteiger partial charge in [0.1, 0.15) is 5.75 Å². The third kappa shape index (κ3) is 0.849. The third-order valence-corrected chi connectivity index (χ3v) is 3.03. The van der Waals surface area contributed by atoms with Gasteiger partial charge in [-0.3, -0.25) is 9.59 Å². The van der Waals surface area contributed by atoms with Crippen molar-refractivity contribution in [1.82, 2.24) is 0 Å². The van der Waals surface area contributed by atoms with E-state index >= 15 is 0 Å². The molecule has 1 fully saturated rings. The number of benzene rings is 1. The van der Waals surface area contributed by atoms with Crippen molar-refractivity contribution >= 4 is 11.6 Å². The highest BCUT2D eigenvalue weighted by Crippen LogP contribution is 2.47. The van der Waals surface area contributed by atoms with Gasteiger partial charge in [-0.25, -0.2) is 0 Å². The Morgan fingerprint density at radius 3 is 2.87 bits per heavy atom. The van der Waals surface area contributed by atoms with Crippen molar-refractivity contribution in [2.45, 2.75) is 18.6 Å². The van der Waals surface area contributed by atoms with E-state index in [1.165, 1.54) is 6.07 Å². The van der Waals surface area contributed by atoms with Crippen molar-refractivity contribution in [1.29, 1.82) is 0 Å². The van der Waals surface area contributed by atoms with Crippen molar-refractivity contribution < 1.29 is 19.4 Å². The van der Waals surface area contributed by atoms with Crippen LogP contribution in [0.1, 0.15) is 27.6 Å². The van der Waals surface area contributed by atoms with Crippen molar-refractivity contribution in [2.24, 2.45) is 0 Å². The van der Waals surface area contributed by atoms with E-state index in [1.807, 2.05) is 0 Å². The summed E-state index contributed by atoms with van der Waals surface area (Å²) in [6.07, 6.45) is -0.703. The number of hydrogen-bond acceptors (Lipinski definition) is 4. The van der Waals surface area contributed by atoms with E-state index in [2.05, 4.69) is 0 Å². The zero-order valence-corrected chi connectivity index (χ0v) is 7.98. The first-order chi connectivity index (χ1) is 7.05. The number of rotatable bonds is 0. The van der Waals surface area contributed by atoms with Crippen LogP contribution < -0.4 is 0 Å². The molecule has 0 spiro atoms. The van der Waals surface area contributed by atoms with E-state index in [0.717, 1.165) is 0 Å². The highest BCUT2D eigenvalue weighted by molar-refractivity contribution is 6.23. The third-order valence-electron chi connectivity index (χ3n) is 3.03. The number of fused-ring (bicyclic) bond motifs is 2. The van der Waals surface area contributed by atoms with Crippen LogP contribution in [0.5, 0.6) is 5.75 Å². The zero-order valence-electron chi connectivity index (χ0n) is 7.98. The average Bonchev–Trinajstić information content (AvgIpc) is 2.89. The molecule has 1 aliphatic heterocycles. The zero-order chi connectivity index (χ0) is 10.8. The van der Waals surface area contributed by atoms with Crippen LogP contribution in [-0.2, 0) is 4.74 Å². The van der Waals surface area contributed by atoms with Gasteiger partial charge in [0.05, 0.1) is 5.56 Å². The van der Waals surface area contributed by atoms with E-state index in [1.54, 1.807) is 19.1 Å². The molecule has 3 rings (SSSR count). The molecule has 2 aliphatic rings. The fourth-order valence-corrected chi connectivity index (χ4v) is 2.07. The van der Waals surface area contributed by atoms with Gasteiger partial charge in [-0.05, 0) is 13.0 Å². The highest BCUT2D eigenvalue weighted by atomic mass is 16.6. The quantitative estimate of drug-likeness (QED) is 0.638. The number of hydrogen-bond donors (Lipinski definition) is 1. The van der Waals surface area contributed by atoms with Crippen molar-refractivity contribution in [3.8, 4) is 5.75 Å². The number of ketones is 2. The van der Waals surface area contributed by atoms with Gasteiger partial charge in [0.15, 0.2) is 23.3 Å². The molecule has 1 aliphatic carbocycles. The number of ether oxygens (including phenoxy) is 1. The molecule has 2 atom stereocenters. The minimum Gasteiger partial charge on any atom is -0.507 e. The molecule has 76 valence electrons. The smallest absolute Gasteiger partial charge is 0.199 e. The Balaban J connectivity index is 2.30. The van der Waals surface area contributed by atoms with Gasteiger partial charge in [-0.1, -0.05) is 12.1 Å². The van der Waals surface area contributed by atoms with Crippen molar-refractivity contribution in [2.75, 3.05) is 0 Å². The Morgan fingerprint density at radius 2 is 2.13 bits per heavy atom. The molecule has 1 aromatic carbocycles. The minimum absolute atomic E-state index is 0.0995. The molecule has 1 heterocycles. The maximum Gasteiger partial charge on any atom is 0.199 e. The maximum atomic E-state index is 11.9. The maximum absolute atomic E-state index is 11.9. The van der Waals surface area contributed by atoms with E-state index in [9.17, 15) is 14.7 Å². The summed E-state index contributed by atoms with van der Waals surface area (Å²) in [7, 11) is 0. The number of phenols is 1. The number of carbonyl (C=O) groups excluding carboxylic acids is 2. The minimum atomic E-state index is -0.988. The van der Waals surface area contributed by atoms with Gasteiger partial charge in [0, 0.05) is 5.56 Å². The summed E-state index contributed by atoms with van der Waals surface area (Å²) in [6.45, 7) is 1.60. The molecule has 4 nitrogen and oxygen atoms in total. The fraction of sp³-hybridized carbons (Fsp3) is 0.273. The summed E-state index contributed by atoms with van der Waals surface area (Å²) >= 11 is 0. The van der Waals surface area contributed by atoms with Crippen molar-refractivity contribution in [3.63, 3.8) is 0 Å². The van der Waals surface area contributed by atoms with Gasteiger partial charge in [-0.2, -0.15) is 0 Å². The standard InChI is InChI=1S/C11H8O4/c1-11-9(14)5-3-2-4-6(12)7(5)8(13)10(11)15-11/h2-4,10,12H,1H3/t10-,11+/m0/s1. The number of carbonyl (C=O) groups is 2. The van der Waals surface area contributed by atoms with E-state index in [0.29, 0.717) is 0 Å². The number of phenolic OH excluding ortho intramolecular Hbond substituents is 1. The predicted molar refractivity (Wildman–Crippen MR) is 50.0 cm³/mol. The molecule has 0 radical (unpaired) electrons. The number of epoxide rings is 1. The lowest BCUT2D eigenvalue weighted by Gasteiger charge is -2.15. The van der Waals surface area contributed by atoms with E-state index < -0.39 is 11.7 Å². The normalized spacial score (nSPS) is 32.2. The molecule has 0 bridgehead atoms. The molecule has 1 saturated heterocycles. The lowest BCUT2D eigenvalue weighted by Crippen LogP contribution is -2.34. The summed E-state index contributed by atoms with van der Waals surface area (Å²) in [5.74, 6) is -0.674. The Kier molecular flexibility index (Phi) is 1.31. The summed E-state index contributed by atoms with van der Waals surface area (Å²) in [6, 6.07) is 4.49. The molecule has 15 heavy (non-hydrogen) atoms. The van der Waals surface area contributed by atoms with Gasteiger partial charge >= 0.3 is 0 Å². The molecular formula is C11H8O4. The first-order valence-electron chi connectivity index (χ1n) is 4.64. The Bertz CT molecular complexity index is 505. The van der Waals surface area contributed by atoms with Crippen LogP contribution in [0.2, 0.25) is 0 Å². The molecule has 0 amide bonds. The SMILES string of the molecule is C[C@]12O[C@H]1C(=O)c1c(O)cccc1C2=O. The lowest BCUT2D eigenvalue weighted by molar-refractivity contribution is 0.0873. The molecule has 0 aromatic heterocycles. The largest absolute Gasteiger partial charge is 0.507 e. The molecule has 0 unspecified atom stereocenters. The highest BCUT2D eigenvalue weighted by Gasteiger charge is 2.66. The average molecular weight is 204 g/mol. The van der Waals surface area contributed by atoms with Crippen LogP contribution in [0.25, 0.3) is 0 Å². The van der Waals surface area contributed by atoms with Crippen LogP contribution in [-0.4, -0.2) is 28.4 Å². The fourth-order valence-electron chi connectivity index (χ4n) is 2.07. The van der Waals surface area contributed by atoms with Crippen LogP contribution in [0.15, 0.2) is 18.2 Å². The number of aromatic hydroxyl groups is 1. The first kappa shape index (κ1) is 8.61. The van der Waals surface area contributed by atoms with Gasteiger partial charge in [-0.15, -0.1) is 0 Å². The second-order valence-electron chi connectivity index (χ2n) is 4.00. The van der Waals surface area contributed by atoms with Crippen LogP contribution in [0.3, 0.4) is 0 Å². The Labute approximate surface area is 85.5 Å². The molecule has 1 N–H and O–H groups in total. The summed E-state index contributed by atoms with van der Waals surface area (Å²) < 4.78 is 5.12. The number of Topliss-reactive ketones (excluding diaryl/α,β-unsaturated/α-hetero) is 2. The van der Waals surface area contributed by atoms with E-state index in [-0.39, 0.29) is 28.4 Å². The summed E-state index contributed by atoms with van der Waals surface area (Å²) in [5.41, 5.74) is -0.628. The molecular weight excluding hydrogens is 196 g/mol. The second kappa shape index (κ2) is 2.28. The van der Waals surface area contributed by atoms with Gasteiger partial charge in [0.25, 0.3) is 0 Å². The topological polar surface area (TPSA) is 66.9 Å². The Hall–Kier alpha value is -1.68. The first-order valence-corrected chi connectivity index (χ1v) is 4.64. The van der Waals surface area contributed by atoms with Crippen LogP contribution in [0.4, 0.5) is 0 Å². The van der Waals surface area contributed by atoms with E-state index in [4.69, 9.17) is 4.74 Å². The van der Waals surface area contributed by atoms with Crippen LogP contribution in [0, 0.1) is 0 Å². The Morgan fingerprint density at radius 1 is 1.40 bits per heavy atom. The van der Waals surface area contributed by atoms with Gasteiger partial charge in [0.2, 0.25) is 0 Å². The monoisotopic (exact) mass is 204 g/mol. The molecule has 0 saturated carbocycles.